The first-order valence-corrected chi connectivity index (χ1v) is 6.30. The maximum Gasteiger partial charge on any atom is 0.314 e. The molecule has 0 aliphatic heterocycles. The van der Waals surface area contributed by atoms with Crippen molar-refractivity contribution in [2.45, 2.75) is 32.7 Å². The van der Waals surface area contributed by atoms with Gasteiger partial charge in [-0.05, 0) is 36.8 Å². The van der Waals surface area contributed by atoms with Gasteiger partial charge in [0, 0.05) is 6.04 Å². The van der Waals surface area contributed by atoms with Crippen LogP contribution in [0.1, 0.15) is 26.7 Å². The maximum absolute atomic E-state index is 11.0. The summed E-state index contributed by atoms with van der Waals surface area (Å²) < 4.78 is 0. The first-order valence-electron chi connectivity index (χ1n) is 6.30. The van der Waals surface area contributed by atoms with Gasteiger partial charge in [0.2, 0.25) is 0 Å². The Morgan fingerprint density at radius 1 is 1.39 bits per heavy atom. The van der Waals surface area contributed by atoms with Crippen LogP contribution in [0.3, 0.4) is 0 Å². The maximum atomic E-state index is 11.0. The quantitative estimate of drug-likeness (QED) is 0.490. The van der Waals surface area contributed by atoms with Gasteiger partial charge in [-0.25, -0.2) is 0 Å². The normalized spacial score (nSPS) is 27.1. The van der Waals surface area contributed by atoms with Crippen LogP contribution in [0.4, 0.5) is 17.1 Å². The standard InChI is InChI=1S/C13H19N3O2/c1-8-6-7-11(9(8)2)15-12-5-3-4-10(14)13(12)16(17)18/h3-5,8-9,11,15H,6-7,14H2,1-2H3. The topological polar surface area (TPSA) is 81.2 Å². The van der Waals surface area contributed by atoms with Crippen molar-refractivity contribution in [3.8, 4) is 0 Å². The summed E-state index contributed by atoms with van der Waals surface area (Å²) in [5.41, 5.74) is 6.41. The summed E-state index contributed by atoms with van der Waals surface area (Å²) in [6.07, 6.45) is 2.21. The van der Waals surface area contributed by atoms with E-state index in [1.165, 1.54) is 0 Å². The third-order valence-corrected chi connectivity index (χ3v) is 4.06. The van der Waals surface area contributed by atoms with E-state index in [9.17, 15) is 10.1 Å². The molecule has 0 amide bonds. The van der Waals surface area contributed by atoms with Crippen LogP contribution in [0.15, 0.2) is 18.2 Å². The summed E-state index contributed by atoms with van der Waals surface area (Å²) in [4.78, 5) is 10.6. The van der Waals surface area contributed by atoms with Crippen molar-refractivity contribution in [1.82, 2.24) is 0 Å². The highest BCUT2D eigenvalue weighted by atomic mass is 16.6. The second kappa shape index (κ2) is 4.84. The van der Waals surface area contributed by atoms with Gasteiger partial charge < -0.3 is 11.1 Å². The summed E-state index contributed by atoms with van der Waals surface area (Å²) in [6, 6.07) is 5.32. The van der Waals surface area contributed by atoms with Crippen molar-refractivity contribution in [1.29, 1.82) is 0 Å². The van der Waals surface area contributed by atoms with Crippen LogP contribution in [0.25, 0.3) is 0 Å². The molecule has 0 aromatic heterocycles. The number of anilines is 2. The van der Waals surface area contributed by atoms with Crippen molar-refractivity contribution in [2.24, 2.45) is 11.8 Å². The SMILES string of the molecule is CC1CCC(Nc2cccc(N)c2[N+](=O)[O-])C1C. The molecule has 3 unspecified atom stereocenters. The summed E-state index contributed by atoms with van der Waals surface area (Å²) in [6.45, 7) is 4.41. The first kappa shape index (κ1) is 12.7. The van der Waals surface area contributed by atoms with Crippen molar-refractivity contribution < 1.29 is 4.92 Å². The summed E-state index contributed by atoms with van der Waals surface area (Å²) in [5.74, 6) is 1.17. The Bertz CT molecular complexity index is 462. The zero-order valence-electron chi connectivity index (χ0n) is 10.7. The number of para-hydroxylation sites is 1. The first-order chi connectivity index (χ1) is 8.50. The second-order valence-electron chi connectivity index (χ2n) is 5.17. The fourth-order valence-electron chi connectivity index (χ4n) is 2.65. The van der Waals surface area contributed by atoms with Gasteiger partial charge >= 0.3 is 5.69 Å². The van der Waals surface area contributed by atoms with E-state index in [1.807, 2.05) is 0 Å². The lowest BCUT2D eigenvalue weighted by atomic mass is 9.97. The molecule has 1 aliphatic rings. The monoisotopic (exact) mass is 249 g/mol. The van der Waals surface area contributed by atoms with E-state index >= 15 is 0 Å². The van der Waals surface area contributed by atoms with E-state index in [0.717, 1.165) is 12.8 Å². The van der Waals surface area contributed by atoms with Crippen LogP contribution < -0.4 is 11.1 Å². The molecular formula is C13H19N3O2. The molecular weight excluding hydrogens is 230 g/mol. The lowest BCUT2D eigenvalue weighted by Gasteiger charge is -2.21. The van der Waals surface area contributed by atoms with Crippen LogP contribution in [0, 0.1) is 22.0 Å². The number of rotatable bonds is 3. The average molecular weight is 249 g/mol. The molecule has 98 valence electrons. The Hall–Kier alpha value is -1.78. The molecule has 2 rings (SSSR count). The Balaban J connectivity index is 2.24. The molecule has 5 nitrogen and oxygen atoms in total. The van der Waals surface area contributed by atoms with Gasteiger partial charge in [-0.2, -0.15) is 0 Å². The minimum Gasteiger partial charge on any atom is -0.393 e. The van der Waals surface area contributed by atoms with Crippen LogP contribution in [0.2, 0.25) is 0 Å². The molecule has 1 aliphatic carbocycles. The second-order valence-corrected chi connectivity index (χ2v) is 5.17. The van der Waals surface area contributed by atoms with Crippen LogP contribution in [-0.4, -0.2) is 11.0 Å². The summed E-state index contributed by atoms with van der Waals surface area (Å²) >= 11 is 0. The molecule has 0 radical (unpaired) electrons. The number of nitro benzene ring substituents is 1. The fraction of sp³-hybridized carbons (Fsp3) is 0.538. The van der Waals surface area contributed by atoms with Crippen LogP contribution >= 0.6 is 0 Å². The van der Waals surface area contributed by atoms with Gasteiger partial charge in [0.25, 0.3) is 0 Å². The lowest BCUT2D eigenvalue weighted by molar-refractivity contribution is -0.383. The van der Waals surface area contributed by atoms with Gasteiger partial charge in [-0.3, -0.25) is 10.1 Å². The predicted molar refractivity (Wildman–Crippen MR) is 72.5 cm³/mol. The number of hydrogen-bond donors (Lipinski definition) is 2. The van der Waals surface area contributed by atoms with Gasteiger partial charge in [0.1, 0.15) is 11.4 Å². The highest BCUT2D eigenvalue weighted by Crippen LogP contribution is 2.37. The number of benzene rings is 1. The van der Waals surface area contributed by atoms with Crippen LogP contribution in [0.5, 0.6) is 0 Å². The fourth-order valence-corrected chi connectivity index (χ4v) is 2.65. The molecule has 3 atom stereocenters. The summed E-state index contributed by atoms with van der Waals surface area (Å²) in [7, 11) is 0. The Labute approximate surface area is 107 Å². The number of nitrogens with one attached hydrogen (secondary N) is 1. The molecule has 3 N–H and O–H groups in total. The van der Waals surface area contributed by atoms with Crippen molar-refractivity contribution >= 4 is 17.1 Å². The minimum atomic E-state index is -0.416. The predicted octanol–water partition coefficient (Wildman–Crippen LogP) is 3.02. The third kappa shape index (κ3) is 2.25. The Kier molecular flexibility index (Phi) is 3.41. The van der Waals surface area contributed by atoms with E-state index in [0.29, 0.717) is 23.6 Å². The third-order valence-electron chi connectivity index (χ3n) is 4.06. The van der Waals surface area contributed by atoms with E-state index < -0.39 is 4.92 Å². The van der Waals surface area contributed by atoms with Crippen molar-refractivity contribution in [3.05, 3.63) is 28.3 Å². The molecule has 0 spiro atoms. The molecule has 18 heavy (non-hydrogen) atoms. The van der Waals surface area contributed by atoms with Crippen molar-refractivity contribution in [3.63, 3.8) is 0 Å². The zero-order chi connectivity index (χ0) is 13.3. The van der Waals surface area contributed by atoms with Gasteiger partial charge in [0.15, 0.2) is 0 Å². The average Bonchev–Trinajstić information content (AvgIpc) is 2.60. The number of hydrogen-bond acceptors (Lipinski definition) is 4. The van der Waals surface area contributed by atoms with E-state index in [4.69, 9.17) is 5.73 Å². The molecule has 0 heterocycles. The number of nitro groups is 1. The molecule has 1 aromatic rings. The smallest absolute Gasteiger partial charge is 0.314 e. The van der Waals surface area contributed by atoms with Crippen molar-refractivity contribution in [2.75, 3.05) is 11.1 Å². The lowest BCUT2D eigenvalue weighted by Crippen LogP contribution is -2.24. The highest BCUT2D eigenvalue weighted by Gasteiger charge is 2.31. The number of nitrogens with two attached hydrogens (primary N) is 1. The van der Waals surface area contributed by atoms with Gasteiger partial charge in [0.05, 0.1) is 4.92 Å². The Morgan fingerprint density at radius 3 is 2.67 bits per heavy atom. The molecule has 1 saturated carbocycles. The van der Waals surface area contributed by atoms with Gasteiger partial charge in [-0.15, -0.1) is 0 Å². The summed E-state index contributed by atoms with van der Waals surface area (Å²) in [5, 5.41) is 14.3. The molecule has 1 fully saturated rings. The Morgan fingerprint density at radius 2 is 2.11 bits per heavy atom. The van der Waals surface area contributed by atoms with E-state index in [2.05, 4.69) is 19.2 Å². The van der Waals surface area contributed by atoms with E-state index in [-0.39, 0.29) is 11.4 Å². The number of nitrogen functional groups attached to an aromatic ring is 1. The minimum absolute atomic E-state index is 0.00995. The molecule has 0 saturated heterocycles. The van der Waals surface area contributed by atoms with Gasteiger partial charge in [-0.1, -0.05) is 19.9 Å². The largest absolute Gasteiger partial charge is 0.393 e. The number of nitrogens with zero attached hydrogens (tertiary/aromatic N) is 1. The molecule has 1 aromatic carbocycles. The highest BCUT2D eigenvalue weighted by molar-refractivity contribution is 5.74. The van der Waals surface area contributed by atoms with Crippen LogP contribution in [-0.2, 0) is 0 Å². The molecule has 0 bridgehead atoms. The molecule has 5 heteroatoms. The zero-order valence-corrected chi connectivity index (χ0v) is 10.7. The van der Waals surface area contributed by atoms with E-state index in [1.54, 1.807) is 18.2 Å².